The molecule has 2 N–H and O–H groups in total. The Hall–Kier alpha value is -3.59. The number of nitrogens with one attached hydrogen (secondary N) is 1. The van der Waals surface area contributed by atoms with E-state index in [2.05, 4.69) is 46.0 Å². The van der Waals surface area contributed by atoms with Crippen LogP contribution in [0.5, 0.6) is 0 Å². The Morgan fingerprint density at radius 3 is 2.44 bits per heavy atom. The number of nitrogens with zero attached hydrogens (tertiary/aromatic N) is 4. The van der Waals surface area contributed by atoms with Gasteiger partial charge in [0.05, 0.1) is 16.8 Å². The first-order chi connectivity index (χ1) is 16.1. The van der Waals surface area contributed by atoms with Crippen LogP contribution in [-0.4, -0.2) is 31.6 Å². The summed E-state index contributed by atoms with van der Waals surface area (Å²) in [5.74, 6) is 0.423. The van der Waals surface area contributed by atoms with Crippen LogP contribution in [-0.2, 0) is 18.0 Å². The number of aliphatic hydroxyl groups excluding tert-OH is 1. The summed E-state index contributed by atoms with van der Waals surface area (Å²) in [7, 11) is 0. The molecular formula is C25H24F3N5O. The monoisotopic (exact) mass is 467 g/mol. The average Bonchev–Trinajstić information content (AvgIpc) is 2.78. The number of alkyl halides is 3. The molecule has 0 atom stereocenters. The molecule has 3 heterocycles. The second kappa shape index (κ2) is 8.98. The number of anilines is 2. The van der Waals surface area contributed by atoms with Gasteiger partial charge in [0.15, 0.2) is 5.82 Å². The van der Waals surface area contributed by atoms with Crippen molar-refractivity contribution in [2.75, 3.05) is 11.9 Å². The molecule has 1 aromatic carbocycles. The van der Waals surface area contributed by atoms with Crippen LogP contribution >= 0.6 is 0 Å². The van der Waals surface area contributed by atoms with E-state index in [1.165, 1.54) is 30.9 Å². The zero-order valence-corrected chi connectivity index (χ0v) is 19.0. The van der Waals surface area contributed by atoms with Gasteiger partial charge in [-0.05, 0) is 53.3 Å². The summed E-state index contributed by atoms with van der Waals surface area (Å²) in [4.78, 5) is 16.8. The van der Waals surface area contributed by atoms with Crippen LogP contribution in [0.3, 0.4) is 0 Å². The molecule has 0 fully saturated rings. The fourth-order valence-corrected chi connectivity index (χ4v) is 3.90. The Bertz CT molecular complexity index is 1330. The highest BCUT2D eigenvalue weighted by Gasteiger charge is 2.34. The molecule has 176 valence electrons. The Morgan fingerprint density at radius 2 is 1.74 bits per heavy atom. The van der Waals surface area contributed by atoms with Crippen molar-refractivity contribution in [3.05, 3.63) is 71.8 Å². The van der Waals surface area contributed by atoms with Crippen molar-refractivity contribution >= 4 is 22.5 Å². The number of hydrogen-bond donors (Lipinski definition) is 2. The van der Waals surface area contributed by atoms with E-state index in [9.17, 15) is 18.3 Å². The lowest BCUT2D eigenvalue weighted by molar-refractivity contribution is -0.137. The number of hydrogen-bond acceptors (Lipinski definition) is 6. The van der Waals surface area contributed by atoms with Gasteiger partial charge in [0.2, 0.25) is 0 Å². The molecule has 34 heavy (non-hydrogen) atoms. The van der Waals surface area contributed by atoms with Crippen molar-refractivity contribution < 1.29 is 18.3 Å². The predicted octanol–water partition coefficient (Wildman–Crippen LogP) is 5.68. The summed E-state index contributed by atoms with van der Waals surface area (Å²) in [5, 5.41) is 12.7. The van der Waals surface area contributed by atoms with Gasteiger partial charge in [-0.25, -0.2) is 15.0 Å². The number of rotatable bonds is 5. The lowest BCUT2D eigenvalue weighted by Crippen LogP contribution is -2.15. The van der Waals surface area contributed by atoms with Crippen molar-refractivity contribution in [1.29, 1.82) is 0 Å². The first kappa shape index (κ1) is 23.6. The van der Waals surface area contributed by atoms with E-state index in [1.807, 2.05) is 18.2 Å². The van der Waals surface area contributed by atoms with Crippen molar-refractivity contribution in [3.63, 3.8) is 0 Å². The summed E-state index contributed by atoms with van der Waals surface area (Å²) in [6.07, 6.45) is -0.0407. The van der Waals surface area contributed by atoms with E-state index in [4.69, 9.17) is 0 Å². The zero-order valence-electron chi connectivity index (χ0n) is 19.0. The standard InChI is InChI=1S/C25H24F3N5O/c1-24(2,3)18-7-6-17(11-15(18)8-10-34)33-23-22-20(31-14-32-23)12-16(13-30-22)21-19(25(26,27)28)5-4-9-29-21/h4-7,9,11-14,34H,8,10H2,1-3H3,(H,31,32,33). The van der Waals surface area contributed by atoms with Gasteiger partial charge in [-0.15, -0.1) is 0 Å². The van der Waals surface area contributed by atoms with Crippen LogP contribution in [0.4, 0.5) is 24.7 Å². The summed E-state index contributed by atoms with van der Waals surface area (Å²) in [5.41, 5.74) is 2.80. The first-order valence-corrected chi connectivity index (χ1v) is 10.7. The van der Waals surface area contributed by atoms with Crippen LogP contribution in [0.25, 0.3) is 22.3 Å². The largest absolute Gasteiger partial charge is 0.418 e. The van der Waals surface area contributed by atoms with Gasteiger partial charge in [-0.3, -0.25) is 4.98 Å². The molecule has 4 rings (SSSR count). The molecule has 0 aliphatic rings. The minimum absolute atomic E-state index is 0.0285. The van der Waals surface area contributed by atoms with Gasteiger partial charge in [0, 0.05) is 30.3 Å². The highest BCUT2D eigenvalue weighted by atomic mass is 19.4. The summed E-state index contributed by atoms with van der Waals surface area (Å²) in [6, 6.07) is 9.66. The van der Waals surface area contributed by atoms with Crippen molar-refractivity contribution in [1.82, 2.24) is 19.9 Å². The quantitative estimate of drug-likeness (QED) is 0.393. The number of benzene rings is 1. The van der Waals surface area contributed by atoms with Gasteiger partial charge >= 0.3 is 6.18 Å². The molecule has 0 saturated carbocycles. The molecule has 3 aromatic heterocycles. The third-order valence-electron chi connectivity index (χ3n) is 5.42. The van der Waals surface area contributed by atoms with E-state index in [1.54, 1.807) is 0 Å². The number of pyridine rings is 2. The number of fused-ring (bicyclic) bond motifs is 1. The number of aromatic nitrogens is 4. The predicted molar refractivity (Wildman–Crippen MR) is 125 cm³/mol. The van der Waals surface area contributed by atoms with Crippen LogP contribution in [0.1, 0.15) is 37.5 Å². The third kappa shape index (κ3) is 4.84. The molecule has 6 nitrogen and oxygen atoms in total. The van der Waals surface area contributed by atoms with Crippen molar-refractivity contribution in [2.45, 2.75) is 38.8 Å². The Kier molecular flexibility index (Phi) is 6.22. The number of aliphatic hydroxyl groups is 1. The van der Waals surface area contributed by atoms with Gasteiger partial charge in [-0.2, -0.15) is 13.2 Å². The van der Waals surface area contributed by atoms with Crippen LogP contribution in [0, 0.1) is 0 Å². The van der Waals surface area contributed by atoms with E-state index >= 15 is 0 Å². The Morgan fingerprint density at radius 1 is 0.941 bits per heavy atom. The third-order valence-corrected chi connectivity index (χ3v) is 5.42. The molecule has 0 radical (unpaired) electrons. The zero-order chi connectivity index (χ0) is 24.5. The van der Waals surface area contributed by atoms with Crippen LogP contribution in [0.15, 0.2) is 55.1 Å². The topological polar surface area (TPSA) is 83.8 Å². The smallest absolute Gasteiger partial charge is 0.396 e. The molecule has 0 amide bonds. The van der Waals surface area contributed by atoms with Gasteiger partial charge in [0.25, 0.3) is 0 Å². The van der Waals surface area contributed by atoms with Crippen molar-refractivity contribution in [2.24, 2.45) is 0 Å². The average molecular weight is 467 g/mol. The fraction of sp³-hybridized carbons (Fsp3) is 0.280. The molecule has 0 bridgehead atoms. The normalized spacial score (nSPS) is 12.2. The second-order valence-corrected chi connectivity index (χ2v) is 8.93. The van der Waals surface area contributed by atoms with E-state index in [-0.39, 0.29) is 23.3 Å². The first-order valence-electron chi connectivity index (χ1n) is 10.7. The highest BCUT2D eigenvalue weighted by molar-refractivity contribution is 5.89. The lowest BCUT2D eigenvalue weighted by atomic mass is 9.83. The lowest BCUT2D eigenvalue weighted by Gasteiger charge is -2.23. The van der Waals surface area contributed by atoms with Gasteiger partial charge < -0.3 is 10.4 Å². The van der Waals surface area contributed by atoms with E-state index in [0.29, 0.717) is 23.3 Å². The molecular weight excluding hydrogens is 443 g/mol. The van der Waals surface area contributed by atoms with Gasteiger partial charge in [0.1, 0.15) is 11.8 Å². The maximum atomic E-state index is 13.4. The molecule has 0 aliphatic carbocycles. The second-order valence-electron chi connectivity index (χ2n) is 8.93. The number of halogens is 3. The molecule has 4 aromatic rings. The maximum absolute atomic E-state index is 13.4. The van der Waals surface area contributed by atoms with Crippen LogP contribution in [0.2, 0.25) is 0 Å². The molecule has 9 heteroatoms. The minimum Gasteiger partial charge on any atom is -0.396 e. The summed E-state index contributed by atoms with van der Waals surface area (Å²) < 4.78 is 40.3. The Labute approximate surface area is 195 Å². The summed E-state index contributed by atoms with van der Waals surface area (Å²) >= 11 is 0. The van der Waals surface area contributed by atoms with Crippen molar-refractivity contribution in [3.8, 4) is 11.3 Å². The molecule has 0 saturated heterocycles. The highest BCUT2D eigenvalue weighted by Crippen LogP contribution is 2.36. The van der Waals surface area contributed by atoms with Crippen LogP contribution < -0.4 is 5.32 Å². The SMILES string of the molecule is CC(C)(C)c1ccc(Nc2ncnc3cc(-c4ncccc4C(F)(F)F)cnc23)cc1CCO. The Balaban J connectivity index is 1.72. The van der Waals surface area contributed by atoms with Gasteiger partial charge in [-0.1, -0.05) is 26.8 Å². The minimum atomic E-state index is -4.54. The maximum Gasteiger partial charge on any atom is 0.418 e. The molecule has 0 aliphatic heterocycles. The summed E-state index contributed by atoms with van der Waals surface area (Å²) in [6.45, 7) is 6.37. The van der Waals surface area contributed by atoms with E-state index < -0.39 is 11.7 Å². The molecule has 0 spiro atoms. The molecule has 0 unspecified atom stereocenters. The fourth-order valence-electron chi connectivity index (χ4n) is 3.90. The van der Waals surface area contributed by atoms with E-state index in [0.717, 1.165) is 22.9 Å².